The summed E-state index contributed by atoms with van der Waals surface area (Å²) in [4.78, 5) is 83.9. The normalized spacial score (nSPS) is 27.0. The van der Waals surface area contributed by atoms with E-state index in [9.17, 15) is 37.2 Å². The standard InChI is InChI=1S/C38H52N6O10S/c1-5-39-31(45)23-13-14-24-20-43(21-25(24)17-23)36(50)53-27-18-30-32(46)41-38(34(48)42-55(51,52)28-15-16-28)19-26(38)11-9-7-6-8-10-12-29(33(47)44(30)22-27)40-35(49)54-37(2,3)4/h9,11,13-14,17,26-30H,5-8,10,12,15-16,18-22H2,1-4H3,(H,39,45)(H,40,49)(H,41,46)(H,42,48)/t26-,27-,29+,30+,38-/m1/s1. The molecule has 0 bridgehead atoms. The highest BCUT2D eigenvalue weighted by atomic mass is 32.2. The fourth-order valence-corrected chi connectivity index (χ4v) is 8.81. The van der Waals surface area contributed by atoms with Gasteiger partial charge >= 0.3 is 12.2 Å². The van der Waals surface area contributed by atoms with Crippen LogP contribution in [-0.2, 0) is 47.0 Å². The van der Waals surface area contributed by atoms with Gasteiger partial charge in [-0.2, -0.15) is 0 Å². The monoisotopic (exact) mass is 784 g/mol. The van der Waals surface area contributed by atoms with Crippen LogP contribution >= 0.6 is 0 Å². The minimum Gasteiger partial charge on any atom is -0.444 e. The Bertz CT molecular complexity index is 1860. The van der Waals surface area contributed by atoms with Crippen LogP contribution in [0.5, 0.6) is 0 Å². The zero-order valence-electron chi connectivity index (χ0n) is 31.9. The van der Waals surface area contributed by atoms with Crippen LogP contribution in [0.15, 0.2) is 30.4 Å². The first kappa shape index (κ1) is 40.0. The topological polar surface area (TPSA) is 210 Å². The third-order valence-electron chi connectivity index (χ3n) is 10.6. The van der Waals surface area contributed by atoms with Crippen molar-refractivity contribution in [2.24, 2.45) is 5.92 Å². The van der Waals surface area contributed by atoms with E-state index in [1.165, 1.54) is 9.80 Å². The third-order valence-corrected chi connectivity index (χ3v) is 12.4. The first-order valence-corrected chi connectivity index (χ1v) is 20.7. The van der Waals surface area contributed by atoms with E-state index < -0.39 is 80.4 Å². The Hall–Kier alpha value is -4.67. The van der Waals surface area contributed by atoms with Crippen molar-refractivity contribution >= 4 is 45.8 Å². The van der Waals surface area contributed by atoms with Gasteiger partial charge in [-0.1, -0.05) is 31.1 Å². The van der Waals surface area contributed by atoms with Gasteiger partial charge in [0.1, 0.15) is 29.3 Å². The molecule has 17 heteroatoms. The van der Waals surface area contributed by atoms with E-state index in [2.05, 4.69) is 20.7 Å². The Morgan fingerprint density at radius 1 is 1.02 bits per heavy atom. The average Bonchev–Trinajstić information content (AvgIpc) is 3.99. The molecule has 1 aromatic carbocycles. The van der Waals surface area contributed by atoms with Crippen LogP contribution < -0.4 is 20.7 Å². The molecule has 3 fully saturated rings. The molecule has 5 aliphatic rings. The van der Waals surface area contributed by atoms with E-state index in [0.717, 1.165) is 24.0 Å². The number of ether oxygens (including phenoxy) is 2. The second-order valence-electron chi connectivity index (χ2n) is 16.2. The molecule has 0 unspecified atom stereocenters. The first-order valence-electron chi connectivity index (χ1n) is 19.2. The van der Waals surface area contributed by atoms with E-state index in [4.69, 9.17) is 9.47 Å². The summed E-state index contributed by atoms with van der Waals surface area (Å²) >= 11 is 0. The predicted octanol–water partition coefficient (Wildman–Crippen LogP) is 2.75. The molecular formula is C38H52N6O10S. The molecule has 6 amide bonds. The number of carbonyl (C=O) groups excluding carboxylic acids is 6. The Balaban J connectivity index is 1.23. The smallest absolute Gasteiger partial charge is 0.410 e. The third kappa shape index (κ3) is 9.42. The zero-order chi connectivity index (χ0) is 39.7. The molecule has 6 rings (SSSR count). The lowest BCUT2D eigenvalue weighted by Crippen LogP contribution is -2.58. The van der Waals surface area contributed by atoms with Gasteiger partial charge < -0.3 is 30.3 Å². The molecule has 16 nitrogen and oxygen atoms in total. The van der Waals surface area contributed by atoms with Crippen molar-refractivity contribution < 1.29 is 46.7 Å². The number of carbonyl (C=O) groups is 6. The number of hydrogen-bond donors (Lipinski definition) is 4. The number of nitrogens with zero attached hydrogens (tertiary/aromatic N) is 2. The van der Waals surface area contributed by atoms with Crippen LogP contribution in [0.3, 0.4) is 0 Å². The van der Waals surface area contributed by atoms with Gasteiger partial charge in [-0.3, -0.25) is 28.8 Å². The summed E-state index contributed by atoms with van der Waals surface area (Å²) in [5.74, 6) is -2.81. The minimum absolute atomic E-state index is 0.108. The van der Waals surface area contributed by atoms with Gasteiger partial charge in [-0.15, -0.1) is 0 Å². The highest BCUT2D eigenvalue weighted by Crippen LogP contribution is 2.46. The molecule has 55 heavy (non-hydrogen) atoms. The quantitative estimate of drug-likeness (QED) is 0.297. The summed E-state index contributed by atoms with van der Waals surface area (Å²) in [7, 11) is -3.92. The number of nitrogens with one attached hydrogen (secondary N) is 4. The Morgan fingerprint density at radius 3 is 2.47 bits per heavy atom. The van der Waals surface area contributed by atoms with Crippen molar-refractivity contribution in [1.82, 2.24) is 30.5 Å². The van der Waals surface area contributed by atoms with E-state index in [-0.39, 0.29) is 44.8 Å². The predicted molar refractivity (Wildman–Crippen MR) is 199 cm³/mol. The highest BCUT2D eigenvalue weighted by Gasteiger charge is 2.62. The molecule has 2 saturated carbocycles. The van der Waals surface area contributed by atoms with Crippen molar-refractivity contribution in [2.45, 2.75) is 133 Å². The maximum absolute atomic E-state index is 14.4. The molecule has 3 aliphatic heterocycles. The van der Waals surface area contributed by atoms with Crippen LogP contribution in [0.4, 0.5) is 9.59 Å². The molecular weight excluding hydrogens is 733 g/mol. The Labute approximate surface area is 321 Å². The highest BCUT2D eigenvalue weighted by molar-refractivity contribution is 7.91. The molecule has 2 aliphatic carbocycles. The number of benzene rings is 1. The number of fused-ring (bicyclic) bond motifs is 3. The number of rotatable bonds is 7. The number of hydrogen-bond acceptors (Lipinski definition) is 10. The van der Waals surface area contributed by atoms with Gasteiger partial charge in [0.05, 0.1) is 11.8 Å². The van der Waals surface area contributed by atoms with Gasteiger partial charge in [-0.25, -0.2) is 18.0 Å². The maximum atomic E-state index is 14.4. The van der Waals surface area contributed by atoms with Crippen LogP contribution in [0.2, 0.25) is 0 Å². The first-order chi connectivity index (χ1) is 26.0. The number of amides is 6. The van der Waals surface area contributed by atoms with Gasteiger partial charge in [0.15, 0.2) is 0 Å². The van der Waals surface area contributed by atoms with Crippen LogP contribution in [-0.4, -0.2) is 102 Å². The molecule has 0 aromatic heterocycles. The van der Waals surface area contributed by atoms with Gasteiger partial charge in [0.25, 0.3) is 11.8 Å². The van der Waals surface area contributed by atoms with Crippen molar-refractivity contribution in [3.05, 3.63) is 47.0 Å². The largest absolute Gasteiger partial charge is 0.444 e. The zero-order valence-corrected chi connectivity index (χ0v) is 32.7. The molecule has 3 heterocycles. The van der Waals surface area contributed by atoms with E-state index in [0.29, 0.717) is 37.8 Å². The molecule has 0 radical (unpaired) electrons. The second-order valence-corrected chi connectivity index (χ2v) is 18.1. The molecule has 0 spiro atoms. The lowest BCUT2D eigenvalue weighted by atomic mass is 10.0. The Morgan fingerprint density at radius 2 is 1.76 bits per heavy atom. The number of sulfonamides is 1. The van der Waals surface area contributed by atoms with Crippen molar-refractivity contribution in [3.63, 3.8) is 0 Å². The molecule has 4 N–H and O–H groups in total. The molecule has 1 saturated heterocycles. The summed E-state index contributed by atoms with van der Waals surface area (Å²) in [6, 6.07) is 2.94. The molecule has 5 atom stereocenters. The van der Waals surface area contributed by atoms with Gasteiger partial charge in [0.2, 0.25) is 21.8 Å². The lowest BCUT2D eigenvalue weighted by molar-refractivity contribution is -0.141. The fourth-order valence-electron chi connectivity index (χ4n) is 7.44. The second kappa shape index (κ2) is 15.8. The summed E-state index contributed by atoms with van der Waals surface area (Å²) < 4.78 is 39.2. The average molecular weight is 785 g/mol. The minimum atomic E-state index is -3.92. The fraction of sp³-hybridized carbons (Fsp3) is 0.632. The van der Waals surface area contributed by atoms with Crippen LogP contribution in [0, 0.1) is 5.92 Å². The van der Waals surface area contributed by atoms with Crippen molar-refractivity contribution in [3.8, 4) is 0 Å². The number of alkyl carbamates (subject to hydrolysis) is 1. The van der Waals surface area contributed by atoms with E-state index in [1.807, 2.05) is 19.1 Å². The summed E-state index contributed by atoms with van der Waals surface area (Å²) in [5.41, 5.74) is -0.265. The summed E-state index contributed by atoms with van der Waals surface area (Å²) in [6.45, 7) is 7.66. The lowest BCUT2D eigenvalue weighted by Gasteiger charge is -2.30. The van der Waals surface area contributed by atoms with Crippen LogP contribution in [0.1, 0.15) is 107 Å². The van der Waals surface area contributed by atoms with Gasteiger partial charge in [0, 0.05) is 37.5 Å². The van der Waals surface area contributed by atoms with Crippen molar-refractivity contribution in [1.29, 1.82) is 0 Å². The van der Waals surface area contributed by atoms with Gasteiger partial charge in [-0.05, 0) is 89.5 Å². The van der Waals surface area contributed by atoms with Crippen molar-refractivity contribution in [2.75, 3.05) is 13.1 Å². The SMILES string of the molecule is CCNC(=O)c1ccc2c(c1)CN(C(=O)O[C@@H]1C[C@H]3C(=O)N[C@]4(C(=O)NS(=O)(=O)C5CC5)C[C@H]4C=CCCCCC[C@H](NC(=O)OC(C)(C)C)C(=O)N3C1)C2. The number of allylic oxidation sites excluding steroid dienone is 1. The molecule has 1 aromatic rings. The summed E-state index contributed by atoms with van der Waals surface area (Å²) in [5, 5.41) is 7.60. The summed E-state index contributed by atoms with van der Waals surface area (Å²) in [6.07, 6.45) is 5.28. The Kier molecular flexibility index (Phi) is 11.5. The van der Waals surface area contributed by atoms with E-state index >= 15 is 0 Å². The van der Waals surface area contributed by atoms with Crippen LogP contribution in [0.25, 0.3) is 0 Å². The van der Waals surface area contributed by atoms with E-state index in [1.54, 1.807) is 39.0 Å². The molecule has 300 valence electrons. The maximum Gasteiger partial charge on any atom is 0.410 e.